The number of hydrogen-bond donors (Lipinski definition) is 1. The Hall–Kier alpha value is -3.20. The van der Waals surface area contributed by atoms with Gasteiger partial charge in [-0.25, -0.2) is 4.98 Å². The van der Waals surface area contributed by atoms with E-state index in [0.717, 1.165) is 20.9 Å². The Morgan fingerprint density at radius 3 is 2.85 bits per heavy atom. The third kappa shape index (κ3) is 3.33. The Morgan fingerprint density at radius 2 is 2.06 bits per heavy atom. The van der Waals surface area contributed by atoms with E-state index in [1.165, 1.54) is 27.6 Å². The van der Waals surface area contributed by atoms with Crippen LogP contribution in [0.1, 0.15) is 29.0 Å². The van der Waals surface area contributed by atoms with E-state index in [1.807, 2.05) is 30.5 Å². The smallest absolute Gasteiger partial charge is 0.301 e. The van der Waals surface area contributed by atoms with Crippen molar-refractivity contribution in [2.75, 3.05) is 4.90 Å². The largest absolute Gasteiger partial charge is 0.507 e. The first-order valence-electron chi connectivity index (χ1n) is 10.6. The van der Waals surface area contributed by atoms with E-state index in [-0.39, 0.29) is 17.4 Å². The molecule has 1 fully saturated rings. The van der Waals surface area contributed by atoms with Gasteiger partial charge in [-0.05, 0) is 60.3 Å². The average molecular weight is 509 g/mol. The van der Waals surface area contributed by atoms with E-state index in [4.69, 9.17) is 16.3 Å². The van der Waals surface area contributed by atoms with Gasteiger partial charge in [0.2, 0.25) is 0 Å². The number of anilines is 1. The summed E-state index contributed by atoms with van der Waals surface area (Å²) in [6, 6.07) is 13.6. The molecular weight excluding hydrogens is 492 g/mol. The van der Waals surface area contributed by atoms with Crippen LogP contribution in [0.5, 0.6) is 5.75 Å². The van der Waals surface area contributed by atoms with Gasteiger partial charge in [-0.15, -0.1) is 11.3 Å². The minimum atomic E-state index is -0.778. The third-order valence-corrected chi connectivity index (χ3v) is 8.15. The van der Waals surface area contributed by atoms with Gasteiger partial charge in [0.05, 0.1) is 15.8 Å². The van der Waals surface area contributed by atoms with Gasteiger partial charge in [0.15, 0.2) is 5.13 Å². The summed E-state index contributed by atoms with van der Waals surface area (Å²) in [7, 11) is 0. The normalized spacial score (nSPS) is 21.3. The Morgan fingerprint density at radius 1 is 1.21 bits per heavy atom. The highest BCUT2D eigenvalue weighted by atomic mass is 35.5. The van der Waals surface area contributed by atoms with E-state index in [1.54, 1.807) is 30.3 Å². The molecule has 4 aromatic rings. The van der Waals surface area contributed by atoms with Crippen LogP contribution in [-0.2, 0) is 16.0 Å². The van der Waals surface area contributed by atoms with Gasteiger partial charge in [-0.2, -0.15) is 0 Å². The van der Waals surface area contributed by atoms with Gasteiger partial charge < -0.3 is 9.84 Å². The highest BCUT2D eigenvalue weighted by Gasteiger charge is 2.48. The van der Waals surface area contributed by atoms with Gasteiger partial charge in [0.25, 0.3) is 5.78 Å². The van der Waals surface area contributed by atoms with E-state index in [2.05, 4.69) is 4.98 Å². The van der Waals surface area contributed by atoms with Gasteiger partial charge in [-0.1, -0.05) is 29.0 Å². The summed E-state index contributed by atoms with van der Waals surface area (Å²) in [5, 5.41) is 14.1. The van der Waals surface area contributed by atoms with Crippen LogP contribution in [0.25, 0.3) is 16.0 Å². The lowest BCUT2D eigenvalue weighted by atomic mass is 9.98. The molecule has 1 amide bonds. The molecule has 2 aliphatic heterocycles. The molecular formula is C25H17ClN2O4S2. The lowest BCUT2D eigenvalue weighted by molar-refractivity contribution is -0.132. The molecule has 0 bridgehead atoms. The Bertz CT molecular complexity index is 1510. The topological polar surface area (TPSA) is 79.7 Å². The van der Waals surface area contributed by atoms with E-state index >= 15 is 0 Å². The number of carbonyl (C=O) groups is 2. The van der Waals surface area contributed by atoms with E-state index in [0.29, 0.717) is 27.7 Å². The summed E-state index contributed by atoms with van der Waals surface area (Å²) < 4.78 is 6.56. The third-order valence-electron chi connectivity index (χ3n) is 5.97. The maximum atomic E-state index is 13.3. The quantitative estimate of drug-likeness (QED) is 0.210. The average Bonchev–Trinajstić information content (AvgIpc) is 3.58. The minimum absolute atomic E-state index is 0.0524. The number of fused-ring (bicyclic) bond motifs is 2. The number of halogens is 1. The Labute approximate surface area is 207 Å². The summed E-state index contributed by atoms with van der Waals surface area (Å²) in [5.41, 5.74) is 2.18. The molecule has 170 valence electrons. The van der Waals surface area contributed by atoms with Gasteiger partial charge in [0.1, 0.15) is 23.7 Å². The second kappa shape index (κ2) is 7.94. The number of thiophene rings is 1. The van der Waals surface area contributed by atoms with E-state index in [9.17, 15) is 14.7 Å². The van der Waals surface area contributed by atoms with Gasteiger partial charge in [0, 0.05) is 21.9 Å². The number of ketones is 1. The number of ether oxygens (including phenoxy) is 1. The number of carbonyl (C=O) groups excluding carboxylic acids is 2. The lowest BCUT2D eigenvalue weighted by Gasteiger charge is -2.21. The molecule has 34 heavy (non-hydrogen) atoms. The molecule has 1 saturated heterocycles. The van der Waals surface area contributed by atoms with Crippen LogP contribution in [-0.4, -0.2) is 27.9 Å². The van der Waals surface area contributed by atoms with Crippen LogP contribution >= 0.6 is 34.3 Å². The van der Waals surface area contributed by atoms with Crippen molar-refractivity contribution in [1.82, 2.24) is 4.98 Å². The fourth-order valence-corrected chi connectivity index (χ4v) is 6.55. The maximum Gasteiger partial charge on any atom is 0.301 e. The zero-order valence-corrected chi connectivity index (χ0v) is 20.2. The van der Waals surface area contributed by atoms with Crippen molar-refractivity contribution in [2.24, 2.45) is 0 Å². The number of hydrogen-bond acceptors (Lipinski definition) is 7. The standard InChI is InChI=1S/C25H17ClN2O4S2/c1-12-9-14-10-13(4-7-17(14)32-12)22(29)20-21(18-3-2-8-33-18)28(24(31)23(20)30)25-27-16-6-5-15(26)11-19(16)34-25/h2-8,10-12,21,29H,9H2,1H3/b22-20+/t12-,21+/m1/s1. The maximum absolute atomic E-state index is 13.3. The van der Waals surface area contributed by atoms with Crippen LogP contribution in [0, 0.1) is 0 Å². The number of aromatic nitrogens is 1. The number of aliphatic hydroxyl groups is 1. The molecule has 0 spiro atoms. The molecule has 6 nitrogen and oxygen atoms in total. The first-order valence-corrected chi connectivity index (χ1v) is 12.7. The number of rotatable bonds is 3. The van der Waals surface area contributed by atoms with Gasteiger partial charge in [-0.3, -0.25) is 14.5 Å². The molecule has 0 saturated carbocycles. The summed E-state index contributed by atoms with van der Waals surface area (Å²) >= 11 is 8.82. The number of nitrogens with zero attached hydrogens (tertiary/aromatic N) is 2. The number of thiazole rings is 1. The number of Topliss-reactive ketones (excluding diaryl/α,β-unsaturated/α-hetero) is 1. The van der Waals surface area contributed by atoms with Crippen molar-refractivity contribution >= 4 is 67.1 Å². The first-order chi connectivity index (χ1) is 16.4. The Balaban J connectivity index is 1.51. The Kier molecular flexibility index (Phi) is 4.98. The summed E-state index contributed by atoms with van der Waals surface area (Å²) in [6.07, 6.45) is 0.768. The summed E-state index contributed by atoms with van der Waals surface area (Å²) in [4.78, 5) is 33.3. The van der Waals surface area contributed by atoms with Crippen molar-refractivity contribution < 1.29 is 19.4 Å². The molecule has 0 unspecified atom stereocenters. The van der Waals surface area contributed by atoms with E-state index < -0.39 is 17.7 Å². The van der Waals surface area contributed by atoms with Crippen LogP contribution in [0.4, 0.5) is 5.13 Å². The van der Waals surface area contributed by atoms with Crippen LogP contribution in [0.3, 0.4) is 0 Å². The predicted molar refractivity (Wildman–Crippen MR) is 134 cm³/mol. The van der Waals surface area contributed by atoms with Crippen molar-refractivity contribution in [1.29, 1.82) is 0 Å². The molecule has 2 atom stereocenters. The second-order valence-electron chi connectivity index (χ2n) is 8.25. The number of amides is 1. The SMILES string of the molecule is C[C@@H]1Cc2cc(/C(O)=C3\C(=O)C(=O)N(c4nc5ccc(Cl)cc5s4)[C@H]3c3cccs3)ccc2O1. The first kappa shape index (κ1) is 21.3. The van der Waals surface area contributed by atoms with Crippen LogP contribution < -0.4 is 9.64 Å². The second-order valence-corrected chi connectivity index (χ2v) is 10.7. The number of benzene rings is 2. The van der Waals surface area contributed by atoms with Crippen molar-refractivity contribution in [3.05, 3.63) is 80.5 Å². The van der Waals surface area contributed by atoms with Crippen LogP contribution in [0.15, 0.2) is 59.5 Å². The predicted octanol–water partition coefficient (Wildman–Crippen LogP) is 5.96. The minimum Gasteiger partial charge on any atom is -0.507 e. The highest BCUT2D eigenvalue weighted by molar-refractivity contribution is 7.22. The molecule has 2 aliphatic rings. The zero-order valence-electron chi connectivity index (χ0n) is 17.8. The fraction of sp³-hybridized carbons (Fsp3) is 0.160. The van der Waals surface area contributed by atoms with Crippen molar-refractivity contribution in [2.45, 2.75) is 25.5 Å². The molecule has 0 radical (unpaired) electrons. The molecule has 9 heteroatoms. The van der Waals surface area contributed by atoms with Crippen LogP contribution in [0.2, 0.25) is 5.02 Å². The van der Waals surface area contributed by atoms with Gasteiger partial charge >= 0.3 is 5.91 Å². The lowest BCUT2D eigenvalue weighted by Crippen LogP contribution is -2.28. The molecule has 0 aliphatic carbocycles. The molecule has 4 heterocycles. The van der Waals surface area contributed by atoms with Crippen molar-refractivity contribution in [3.8, 4) is 5.75 Å². The highest BCUT2D eigenvalue weighted by Crippen LogP contribution is 2.46. The number of aliphatic hydroxyl groups excluding tert-OH is 1. The molecule has 6 rings (SSSR count). The molecule has 2 aromatic carbocycles. The monoisotopic (exact) mass is 508 g/mol. The molecule has 2 aromatic heterocycles. The van der Waals surface area contributed by atoms with Crippen molar-refractivity contribution in [3.63, 3.8) is 0 Å². The fourth-order valence-electron chi connectivity index (χ4n) is 4.46. The molecule has 1 N–H and O–H groups in total. The zero-order chi connectivity index (χ0) is 23.6. The summed E-state index contributed by atoms with van der Waals surface area (Å²) in [5.74, 6) is -0.889. The summed E-state index contributed by atoms with van der Waals surface area (Å²) in [6.45, 7) is 1.98.